The minimum Gasteiger partial charge on any atom is -0.383 e. The Morgan fingerprint density at radius 3 is 3.06 bits per heavy atom. The Balaban J connectivity index is 2.29. The van der Waals surface area contributed by atoms with Gasteiger partial charge in [0.05, 0.1) is 16.9 Å². The molecule has 1 aromatic rings. The number of hydrogen-bond donors (Lipinski definition) is 2. The second kappa shape index (κ2) is 5.59. The SMILES string of the molecule is CCCn1ncc(Cl)c1C(C)(O)C1CCCNC1. The van der Waals surface area contributed by atoms with Crippen molar-refractivity contribution in [3.05, 3.63) is 16.9 Å². The van der Waals surface area contributed by atoms with Crippen molar-refractivity contribution in [3.8, 4) is 0 Å². The predicted octanol–water partition coefficient (Wildman–Crippen LogP) is 2.15. The summed E-state index contributed by atoms with van der Waals surface area (Å²) < 4.78 is 1.84. The van der Waals surface area contributed by atoms with E-state index in [0.717, 1.165) is 44.6 Å². The van der Waals surface area contributed by atoms with Crippen molar-refractivity contribution in [2.24, 2.45) is 5.92 Å². The molecule has 2 rings (SSSR count). The van der Waals surface area contributed by atoms with Gasteiger partial charge in [-0.25, -0.2) is 0 Å². The van der Waals surface area contributed by atoms with Gasteiger partial charge in [0.1, 0.15) is 5.60 Å². The summed E-state index contributed by atoms with van der Waals surface area (Å²) in [6, 6.07) is 0. The Morgan fingerprint density at radius 1 is 1.67 bits per heavy atom. The fraction of sp³-hybridized carbons (Fsp3) is 0.769. The minimum absolute atomic E-state index is 0.191. The van der Waals surface area contributed by atoms with E-state index >= 15 is 0 Å². The van der Waals surface area contributed by atoms with Crippen molar-refractivity contribution in [1.29, 1.82) is 0 Å². The maximum absolute atomic E-state index is 10.9. The molecule has 0 aromatic carbocycles. The lowest BCUT2D eigenvalue weighted by atomic mass is 9.81. The van der Waals surface area contributed by atoms with Gasteiger partial charge in [0.25, 0.3) is 0 Å². The molecule has 1 aliphatic heterocycles. The zero-order valence-electron chi connectivity index (χ0n) is 11.1. The first-order valence-corrected chi connectivity index (χ1v) is 7.10. The summed E-state index contributed by atoms with van der Waals surface area (Å²) in [7, 11) is 0. The molecule has 0 radical (unpaired) electrons. The average Bonchev–Trinajstić information content (AvgIpc) is 2.73. The highest BCUT2D eigenvalue weighted by Crippen LogP contribution is 2.37. The van der Waals surface area contributed by atoms with Gasteiger partial charge in [-0.1, -0.05) is 18.5 Å². The monoisotopic (exact) mass is 271 g/mol. The highest BCUT2D eigenvalue weighted by Gasteiger charge is 2.38. The van der Waals surface area contributed by atoms with Crippen LogP contribution in [0.15, 0.2) is 6.20 Å². The van der Waals surface area contributed by atoms with Crippen molar-refractivity contribution in [2.75, 3.05) is 13.1 Å². The molecule has 2 N–H and O–H groups in total. The van der Waals surface area contributed by atoms with E-state index in [4.69, 9.17) is 11.6 Å². The van der Waals surface area contributed by atoms with Crippen LogP contribution in [0.25, 0.3) is 0 Å². The molecule has 0 spiro atoms. The summed E-state index contributed by atoms with van der Waals surface area (Å²) in [4.78, 5) is 0. The van der Waals surface area contributed by atoms with Crippen LogP contribution in [0.1, 0.15) is 38.8 Å². The maximum atomic E-state index is 10.9. The molecular formula is C13H22ClN3O. The standard InChI is InChI=1S/C13H22ClN3O/c1-3-7-17-12(11(14)9-16-17)13(2,18)10-5-4-6-15-8-10/h9-10,15,18H,3-8H2,1-2H3. The zero-order chi connectivity index (χ0) is 13.2. The number of aromatic nitrogens is 2. The Labute approximate surface area is 113 Å². The smallest absolute Gasteiger partial charge is 0.109 e. The molecule has 0 saturated carbocycles. The lowest BCUT2D eigenvalue weighted by molar-refractivity contribution is -0.0232. The number of aryl methyl sites for hydroxylation is 1. The largest absolute Gasteiger partial charge is 0.383 e. The van der Waals surface area contributed by atoms with Gasteiger partial charge in [-0.05, 0) is 32.7 Å². The molecule has 0 bridgehead atoms. The fourth-order valence-electron chi connectivity index (χ4n) is 2.77. The first kappa shape index (κ1) is 13.8. The number of halogens is 1. The van der Waals surface area contributed by atoms with E-state index < -0.39 is 5.60 Å². The Hall–Kier alpha value is -0.580. The highest BCUT2D eigenvalue weighted by molar-refractivity contribution is 6.31. The third-order valence-corrected chi connectivity index (χ3v) is 4.08. The Kier molecular flexibility index (Phi) is 4.30. The number of aliphatic hydroxyl groups is 1. The van der Waals surface area contributed by atoms with Crippen LogP contribution in [0.3, 0.4) is 0 Å². The second-order valence-corrected chi connectivity index (χ2v) is 5.66. The highest BCUT2D eigenvalue weighted by atomic mass is 35.5. The molecule has 4 nitrogen and oxygen atoms in total. The minimum atomic E-state index is -0.920. The van der Waals surface area contributed by atoms with E-state index in [1.54, 1.807) is 6.20 Å². The molecule has 2 heterocycles. The van der Waals surface area contributed by atoms with E-state index in [1.807, 2.05) is 11.6 Å². The number of piperidine rings is 1. The quantitative estimate of drug-likeness (QED) is 0.882. The van der Waals surface area contributed by atoms with Crippen molar-refractivity contribution >= 4 is 11.6 Å². The summed E-state index contributed by atoms with van der Waals surface area (Å²) in [5.74, 6) is 0.191. The number of hydrogen-bond acceptors (Lipinski definition) is 3. The third kappa shape index (κ3) is 2.56. The first-order chi connectivity index (χ1) is 8.57. The van der Waals surface area contributed by atoms with Gasteiger partial charge in [0, 0.05) is 19.0 Å². The lowest BCUT2D eigenvalue weighted by Crippen LogP contribution is -2.43. The third-order valence-electron chi connectivity index (χ3n) is 3.80. The molecule has 1 fully saturated rings. The molecular weight excluding hydrogens is 250 g/mol. The molecule has 1 aromatic heterocycles. The van der Waals surface area contributed by atoms with Crippen LogP contribution in [-0.4, -0.2) is 28.0 Å². The van der Waals surface area contributed by atoms with E-state index in [1.165, 1.54) is 0 Å². The zero-order valence-corrected chi connectivity index (χ0v) is 11.9. The lowest BCUT2D eigenvalue weighted by Gasteiger charge is -2.36. The number of rotatable bonds is 4. The van der Waals surface area contributed by atoms with Crippen molar-refractivity contribution < 1.29 is 5.11 Å². The van der Waals surface area contributed by atoms with Crippen LogP contribution in [0, 0.1) is 5.92 Å². The number of nitrogens with one attached hydrogen (secondary N) is 1. The molecule has 0 amide bonds. The van der Waals surface area contributed by atoms with Crippen LogP contribution in [0.5, 0.6) is 0 Å². The van der Waals surface area contributed by atoms with Crippen LogP contribution in [-0.2, 0) is 12.1 Å². The van der Waals surface area contributed by atoms with Gasteiger partial charge in [0.15, 0.2) is 0 Å². The van der Waals surface area contributed by atoms with Gasteiger partial charge in [-0.15, -0.1) is 0 Å². The molecule has 1 saturated heterocycles. The van der Waals surface area contributed by atoms with Crippen LogP contribution in [0.2, 0.25) is 5.02 Å². The molecule has 2 unspecified atom stereocenters. The van der Waals surface area contributed by atoms with Crippen molar-refractivity contribution in [2.45, 2.75) is 45.3 Å². The summed E-state index contributed by atoms with van der Waals surface area (Å²) in [6.07, 6.45) is 4.73. The Bertz CT molecular complexity index is 397. The summed E-state index contributed by atoms with van der Waals surface area (Å²) >= 11 is 6.22. The summed E-state index contributed by atoms with van der Waals surface area (Å²) in [6.45, 7) is 6.61. The van der Waals surface area contributed by atoms with Crippen molar-refractivity contribution in [1.82, 2.24) is 15.1 Å². The van der Waals surface area contributed by atoms with Crippen LogP contribution < -0.4 is 5.32 Å². The van der Waals surface area contributed by atoms with E-state index in [9.17, 15) is 5.11 Å². The van der Waals surface area contributed by atoms with Gasteiger partial charge in [-0.2, -0.15) is 5.10 Å². The summed E-state index contributed by atoms with van der Waals surface area (Å²) in [5, 5.41) is 19.1. The second-order valence-electron chi connectivity index (χ2n) is 5.26. The van der Waals surface area contributed by atoms with Gasteiger partial charge in [-0.3, -0.25) is 4.68 Å². The first-order valence-electron chi connectivity index (χ1n) is 6.72. The normalized spacial score (nSPS) is 23.9. The molecule has 1 aliphatic rings. The molecule has 5 heteroatoms. The molecule has 0 aliphatic carbocycles. The predicted molar refractivity (Wildman–Crippen MR) is 72.7 cm³/mol. The summed E-state index contributed by atoms with van der Waals surface area (Å²) in [5.41, 5.74) is -0.157. The van der Waals surface area contributed by atoms with Crippen molar-refractivity contribution in [3.63, 3.8) is 0 Å². The molecule has 102 valence electrons. The number of nitrogens with zero attached hydrogens (tertiary/aromatic N) is 2. The van der Waals surface area contributed by atoms with Gasteiger partial charge >= 0.3 is 0 Å². The topological polar surface area (TPSA) is 50.1 Å². The van der Waals surface area contributed by atoms with Gasteiger partial charge < -0.3 is 10.4 Å². The van der Waals surface area contributed by atoms with E-state index in [2.05, 4.69) is 17.3 Å². The van der Waals surface area contributed by atoms with Gasteiger partial charge in [0.2, 0.25) is 0 Å². The Morgan fingerprint density at radius 2 is 2.44 bits per heavy atom. The molecule has 18 heavy (non-hydrogen) atoms. The maximum Gasteiger partial charge on any atom is 0.109 e. The van der Waals surface area contributed by atoms with E-state index in [0.29, 0.717) is 5.02 Å². The van der Waals surface area contributed by atoms with E-state index in [-0.39, 0.29) is 5.92 Å². The molecule has 2 atom stereocenters. The average molecular weight is 272 g/mol. The fourth-order valence-corrected chi connectivity index (χ4v) is 3.10. The van der Waals surface area contributed by atoms with Crippen LogP contribution in [0.4, 0.5) is 0 Å². The van der Waals surface area contributed by atoms with Crippen LogP contribution >= 0.6 is 11.6 Å².